The number of aromatic amines is 1. The van der Waals surface area contributed by atoms with Crippen molar-refractivity contribution in [2.24, 2.45) is 0 Å². The molecule has 1 heterocycles. The Morgan fingerprint density at radius 1 is 1.25 bits per heavy atom. The minimum atomic E-state index is -0.436. The Balaban J connectivity index is 1.82. The second kappa shape index (κ2) is 6.64. The molecule has 1 amide bonds. The molecule has 3 rings (SSSR count). The van der Waals surface area contributed by atoms with E-state index in [0.29, 0.717) is 16.5 Å². The van der Waals surface area contributed by atoms with Gasteiger partial charge in [-0.15, -0.1) is 0 Å². The van der Waals surface area contributed by atoms with Gasteiger partial charge in [0.1, 0.15) is 17.2 Å². The van der Waals surface area contributed by atoms with Crippen LogP contribution in [0.15, 0.2) is 48.5 Å². The van der Waals surface area contributed by atoms with Crippen LogP contribution >= 0.6 is 11.6 Å². The number of aromatic hydroxyl groups is 1. The molecule has 0 bridgehead atoms. The molecule has 0 saturated carbocycles. The van der Waals surface area contributed by atoms with Crippen LogP contribution in [0.4, 0.5) is 5.69 Å². The number of carbonyl (C=O) groups is 1. The van der Waals surface area contributed by atoms with Crippen molar-refractivity contribution in [1.82, 2.24) is 10.2 Å². The molecule has 3 N–H and O–H groups in total. The topological polar surface area (TPSA) is 87.2 Å². The standard InChI is InChI=1S/C17H14ClN3O3/c1-24-12-4-2-3-10(7-12)13-9-15(21-20-13)17(23)19-14-8-11(18)5-6-16(14)22/h2-9,22H,1H3,(H,19,23)(H,20,21). The Morgan fingerprint density at radius 2 is 2.08 bits per heavy atom. The molecule has 0 spiro atoms. The van der Waals surface area contributed by atoms with Gasteiger partial charge >= 0.3 is 0 Å². The molecule has 0 fully saturated rings. The monoisotopic (exact) mass is 343 g/mol. The van der Waals surface area contributed by atoms with Crippen molar-refractivity contribution in [2.75, 3.05) is 12.4 Å². The number of halogens is 1. The highest BCUT2D eigenvalue weighted by Gasteiger charge is 2.13. The molecule has 2 aromatic carbocycles. The number of phenols is 1. The van der Waals surface area contributed by atoms with Gasteiger partial charge in [0.25, 0.3) is 5.91 Å². The van der Waals surface area contributed by atoms with Crippen molar-refractivity contribution in [1.29, 1.82) is 0 Å². The van der Waals surface area contributed by atoms with E-state index in [1.807, 2.05) is 24.3 Å². The van der Waals surface area contributed by atoms with Gasteiger partial charge in [-0.2, -0.15) is 5.10 Å². The molecule has 7 heteroatoms. The van der Waals surface area contributed by atoms with E-state index >= 15 is 0 Å². The summed E-state index contributed by atoms with van der Waals surface area (Å²) >= 11 is 5.86. The molecule has 0 radical (unpaired) electrons. The summed E-state index contributed by atoms with van der Waals surface area (Å²) in [4.78, 5) is 12.3. The van der Waals surface area contributed by atoms with Gasteiger partial charge in [-0.1, -0.05) is 23.7 Å². The van der Waals surface area contributed by atoms with E-state index in [1.54, 1.807) is 13.2 Å². The fourth-order valence-corrected chi connectivity index (χ4v) is 2.34. The first kappa shape index (κ1) is 15.9. The molecule has 24 heavy (non-hydrogen) atoms. The smallest absolute Gasteiger partial charge is 0.273 e. The number of ether oxygens (including phenoxy) is 1. The lowest BCUT2D eigenvalue weighted by Crippen LogP contribution is -2.12. The van der Waals surface area contributed by atoms with Crippen molar-refractivity contribution in [2.45, 2.75) is 0 Å². The SMILES string of the molecule is COc1cccc(-c2cc(C(=O)Nc3cc(Cl)ccc3O)[nH]n2)c1. The summed E-state index contributed by atoms with van der Waals surface area (Å²) in [5.41, 5.74) is 1.90. The minimum Gasteiger partial charge on any atom is -0.506 e. The maximum atomic E-state index is 12.3. The Labute approximate surface area is 143 Å². The number of amides is 1. The molecular weight excluding hydrogens is 330 g/mol. The fourth-order valence-electron chi connectivity index (χ4n) is 2.17. The quantitative estimate of drug-likeness (QED) is 0.630. The number of rotatable bonds is 4. The number of H-pyrrole nitrogens is 1. The van der Waals surface area contributed by atoms with Crippen LogP contribution in [0.5, 0.6) is 11.5 Å². The van der Waals surface area contributed by atoms with E-state index in [1.165, 1.54) is 18.2 Å². The Bertz CT molecular complexity index is 892. The van der Waals surface area contributed by atoms with Crippen molar-refractivity contribution >= 4 is 23.2 Å². The number of benzene rings is 2. The molecule has 0 aliphatic heterocycles. The van der Waals surface area contributed by atoms with Gasteiger partial charge in [0, 0.05) is 10.6 Å². The zero-order valence-electron chi connectivity index (χ0n) is 12.7. The molecule has 1 aromatic heterocycles. The summed E-state index contributed by atoms with van der Waals surface area (Å²) in [6.07, 6.45) is 0. The number of carbonyl (C=O) groups excluding carboxylic acids is 1. The predicted octanol–water partition coefficient (Wildman–Crippen LogP) is 3.70. The summed E-state index contributed by atoms with van der Waals surface area (Å²) in [5, 5.41) is 19.6. The van der Waals surface area contributed by atoms with Crippen LogP contribution in [0.2, 0.25) is 5.02 Å². The zero-order chi connectivity index (χ0) is 17.1. The summed E-state index contributed by atoms with van der Waals surface area (Å²) in [7, 11) is 1.58. The minimum absolute atomic E-state index is 0.0692. The molecule has 0 atom stereocenters. The normalized spacial score (nSPS) is 10.4. The highest BCUT2D eigenvalue weighted by molar-refractivity contribution is 6.31. The lowest BCUT2D eigenvalue weighted by atomic mass is 10.1. The summed E-state index contributed by atoms with van der Waals surface area (Å²) < 4.78 is 5.18. The second-order valence-electron chi connectivity index (χ2n) is 5.01. The lowest BCUT2D eigenvalue weighted by Gasteiger charge is -2.06. The maximum absolute atomic E-state index is 12.3. The molecule has 0 aliphatic rings. The highest BCUT2D eigenvalue weighted by atomic mass is 35.5. The molecule has 122 valence electrons. The molecule has 6 nitrogen and oxygen atoms in total. The van der Waals surface area contributed by atoms with E-state index in [2.05, 4.69) is 15.5 Å². The molecule has 0 unspecified atom stereocenters. The van der Waals surface area contributed by atoms with E-state index in [9.17, 15) is 9.90 Å². The number of nitrogens with zero attached hydrogens (tertiary/aromatic N) is 1. The van der Waals surface area contributed by atoms with Gasteiger partial charge in [-0.25, -0.2) is 0 Å². The van der Waals surface area contributed by atoms with Gasteiger partial charge in [0.2, 0.25) is 0 Å². The summed E-state index contributed by atoms with van der Waals surface area (Å²) in [5.74, 6) is 0.194. The van der Waals surface area contributed by atoms with Crippen LogP contribution in [0, 0.1) is 0 Å². The zero-order valence-corrected chi connectivity index (χ0v) is 13.5. The van der Waals surface area contributed by atoms with E-state index in [4.69, 9.17) is 16.3 Å². The van der Waals surface area contributed by atoms with E-state index < -0.39 is 5.91 Å². The number of phenolic OH excluding ortho intramolecular Hbond substituents is 1. The number of methoxy groups -OCH3 is 1. The summed E-state index contributed by atoms with van der Waals surface area (Å²) in [6.45, 7) is 0. The first-order chi connectivity index (χ1) is 11.6. The van der Waals surface area contributed by atoms with E-state index in [0.717, 1.165) is 5.56 Å². The van der Waals surface area contributed by atoms with Crippen LogP contribution < -0.4 is 10.1 Å². The second-order valence-corrected chi connectivity index (χ2v) is 5.45. The average molecular weight is 344 g/mol. The third-order valence-electron chi connectivity index (χ3n) is 3.39. The van der Waals surface area contributed by atoms with Crippen LogP contribution in [0.1, 0.15) is 10.5 Å². The van der Waals surface area contributed by atoms with Gasteiger partial charge in [0.15, 0.2) is 0 Å². The van der Waals surface area contributed by atoms with Crippen LogP contribution in [0.3, 0.4) is 0 Å². The van der Waals surface area contributed by atoms with Crippen LogP contribution in [-0.2, 0) is 0 Å². The number of nitrogens with one attached hydrogen (secondary N) is 2. The third kappa shape index (κ3) is 3.33. The van der Waals surface area contributed by atoms with Crippen molar-refractivity contribution in [3.63, 3.8) is 0 Å². The van der Waals surface area contributed by atoms with Gasteiger partial charge in [-0.05, 0) is 36.4 Å². The first-order valence-corrected chi connectivity index (χ1v) is 7.44. The third-order valence-corrected chi connectivity index (χ3v) is 3.63. The molecular formula is C17H14ClN3O3. The van der Waals surface area contributed by atoms with Gasteiger partial charge in [0.05, 0.1) is 18.5 Å². The average Bonchev–Trinajstić information content (AvgIpc) is 3.08. The van der Waals surface area contributed by atoms with Crippen molar-refractivity contribution < 1.29 is 14.6 Å². The van der Waals surface area contributed by atoms with Gasteiger partial charge < -0.3 is 15.2 Å². The summed E-state index contributed by atoms with van der Waals surface area (Å²) in [6, 6.07) is 13.4. The van der Waals surface area contributed by atoms with Crippen molar-refractivity contribution in [3.8, 4) is 22.8 Å². The van der Waals surface area contributed by atoms with Crippen LogP contribution in [0.25, 0.3) is 11.3 Å². The number of aromatic nitrogens is 2. The predicted molar refractivity (Wildman–Crippen MR) is 91.6 cm³/mol. The van der Waals surface area contributed by atoms with Crippen molar-refractivity contribution in [3.05, 3.63) is 59.2 Å². The van der Waals surface area contributed by atoms with Gasteiger partial charge in [-0.3, -0.25) is 9.89 Å². The largest absolute Gasteiger partial charge is 0.506 e. The maximum Gasteiger partial charge on any atom is 0.273 e. The van der Waals surface area contributed by atoms with Crippen LogP contribution in [-0.4, -0.2) is 28.3 Å². The lowest BCUT2D eigenvalue weighted by molar-refractivity contribution is 0.102. The number of hydrogen-bond donors (Lipinski definition) is 3. The Hall–Kier alpha value is -2.99. The van der Waals surface area contributed by atoms with E-state index in [-0.39, 0.29) is 17.1 Å². The number of hydrogen-bond acceptors (Lipinski definition) is 4. The first-order valence-electron chi connectivity index (χ1n) is 7.06. The highest BCUT2D eigenvalue weighted by Crippen LogP contribution is 2.27. The molecule has 3 aromatic rings. The molecule has 0 aliphatic carbocycles. The molecule has 0 saturated heterocycles. The Kier molecular flexibility index (Phi) is 4.39. The fraction of sp³-hybridized carbons (Fsp3) is 0.0588. The Morgan fingerprint density at radius 3 is 2.88 bits per heavy atom. The number of anilines is 1.